The Kier molecular flexibility index (Phi) is 3.79. The first-order valence-electron chi connectivity index (χ1n) is 6.61. The molecule has 0 radical (unpaired) electrons. The van der Waals surface area contributed by atoms with Gasteiger partial charge in [-0.3, -0.25) is 4.90 Å². The van der Waals surface area contributed by atoms with Gasteiger partial charge in [0.15, 0.2) is 5.82 Å². The summed E-state index contributed by atoms with van der Waals surface area (Å²) >= 11 is 1.94. The Hall–Kier alpha value is -0.630. The average molecular weight is 284 g/mol. The van der Waals surface area contributed by atoms with E-state index in [-0.39, 0.29) is 11.6 Å². The van der Waals surface area contributed by atoms with Crippen LogP contribution < -0.4 is 5.32 Å². The van der Waals surface area contributed by atoms with E-state index in [1.807, 2.05) is 11.8 Å². The summed E-state index contributed by atoms with van der Waals surface area (Å²) in [6.45, 7) is 5.33. The van der Waals surface area contributed by atoms with Crippen molar-refractivity contribution < 1.29 is 9.26 Å². The van der Waals surface area contributed by atoms with Crippen molar-refractivity contribution in [2.75, 3.05) is 38.2 Å². The van der Waals surface area contributed by atoms with Crippen LogP contribution in [0.4, 0.5) is 0 Å². The van der Waals surface area contributed by atoms with Crippen molar-refractivity contribution in [2.24, 2.45) is 0 Å². The molecule has 1 aromatic rings. The fraction of sp³-hybridized carbons (Fsp3) is 0.833. The zero-order valence-electron chi connectivity index (χ0n) is 11.4. The number of thioether (sulfide) groups is 1. The fourth-order valence-corrected chi connectivity index (χ4v) is 3.45. The lowest BCUT2D eigenvalue weighted by molar-refractivity contribution is -0.0841. The van der Waals surface area contributed by atoms with Gasteiger partial charge < -0.3 is 14.6 Å². The summed E-state index contributed by atoms with van der Waals surface area (Å²) in [7, 11) is 2.11. The Morgan fingerprint density at radius 1 is 1.58 bits per heavy atom. The Labute approximate surface area is 117 Å². The standard InChI is InChI=1S/C12H20N4O2S/c1-12(7-13-8-12)17-5-10-14-11(15-18-10)9-6-19-4-3-16(9)2/h9,13H,3-8H2,1-2H3. The van der Waals surface area contributed by atoms with Gasteiger partial charge in [-0.15, -0.1) is 0 Å². The molecule has 106 valence electrons. The molecule has 2 aliphatic heterocycles. The second-order valence-electron chi connectivity index (χ2n) is 5.46. The van der Waals surface area contributed by atoms with Crippen molar-refractivity contribution >= 4 is 11.8 Å². The molecular weight excluding hydrogens is 264 g/mol. The van der Waals surface area contributed by atoms with Crippen LogP contribution in [-0.4, -0.2) is 58.8 Å². The van der Waals surface area contributed by atoms with E-state index < -0.39 is 0 Å². The first-order chi connectivity index (χ1) is 9.16. The lowest BCUT2D eigenvalue weighted by Gasteiger charge is -2.38. The van der Waals surface area contributed by atoms with Crippen LogP contribution in [0.3, 0.4) is 0 Å². The van der Waals surface area contributed by atoms with Crippen LogP contribution in [0.1, 0.15) is 24.7 Å². The van der Waals surface area contributed by atoms with Crippen molar-refractivity contribution in [3.05, 3.63) is 11.7 Å². The van der Waals surface area contributed by atoms with E-state index in [2.05, 4.69) is 34.3 Å². The monoisotopic (exact) mass is 284 g/mol. The molecule has 0 bridgehead atoms. The number of aromatic nitrogens is 2. The molecule has 1 aromatic heterocycles. The van der Waals surface area contributed by atoms with E-state index in [4.69, 9.17) is 9.26 Å². The highest BCUT2D eigenvalue weighted by Crippen LogP contribution is 2.26. The molecule has 0 aromatic carbocycles. The van der Waals surface area contributed by atoms with Gasteiger partial charge in [0.1, 0.15) is 6.61 Å². The lowest BCUT2D eigenvalue weighted by Crippen LogP contribution is -2.58. The second kappa shape index (κ2) is 5.40. The summed E-state index contributed by atoms with van der Waals surface area (Å²) in [5.41, 5.74) is -0.0773. The van der Waals surface area contributed by atoms with E-state index in [1.54, 1.807) is 0 Å². The van der Waals surface area contributed by atoms with E-state index in [0.29, 0.717) is 12.5 Å². The highest BCUT2D eigenvalue weighted by Gasteiger charge is 2.33. The predicted molar refractivity (Wildman–Crippen MR) is 73.1 cm³/mol. The Bertz CT molecular complexity index is 435. The maximum absolute atomic E-state index is 5.80. The number of nitrogens with one attached hydrogen (secondary N) is 1. The predicted octanol–water partition coefficient (Wildman–Crippen LogP) is 0.668. The molecule has 1 unspecified atom stereocenters. The number of ether oxygens (including phenoxy) is 1. The van der Waals surface area contributed by atoms with Gasteiger partial charge in [-0.25, -0.2) is 0 Å². The quantitative estimate of drug-likeness (QED) is 0.871. The molecule has 6 nitrogen and oxygen atoms in total. The number of hydrogen-bond donors (Lipinski definition) is 1. The van der Waals surface area contributed by atoms with Crippen LogP contribution in [-0.2, 0) is 11.3 Å². The van der Waals surface area contributed by atoms with E-state index in [1.165, 1.54) is 5.75 Å². The number of nitrogens with zero attached hydrogens (tertiary/aromatic N) is 3. The van der Waals surface area contributed by atoms with Crippen LogP contribution in [0.15, 0.2) is 4.52 Å². The first-order valence-corrected chi connectivity index (χ1v) is 7.77. The molecule has 19 heavy (non-hydrogen) atoms. The first kappa shape index (κ1) is 13.4. The Morgan fingerprint density at radius 3 is 3.11 bits per heavy atom. The third-order valence-corrected chi connectivity index (χ3v) is 4.74. The molecule has 0 saturated carbocycles. The molecule has 1 N–H and O–H groups in total. The summed E-state index contributed by atoms with van der Waals surface area (Å²) in [4.78, 5) is 6.75. The lowest BCUT2D eigenvalue weighted by atomic mass is 10.0. The van der Waals surface area contributed by atoms with Crippen molar-refractivity contribution in [3.8, 4) is 0 Å². The minimum absolute atomic E-state index is 0.0773. The summed E-state index contributed by atoms with van der Waals surface area (Å²) in [5, 5.41) is 7.30. The third-order valence-electron chi connectivity index (χ3n) is 3.72. The minimum atomic E-state index is -0.0773. The van der Waals surface area contributed by atoms with Crippen LogP contribution in [0.5, 0.6) is 0 Å². The summed E-state index contributed by atoms with van der Waals surface area (Å²) < 4.78 is 11.1. The van der Waals surface area contributed by atoms with Crippen LogP contribution in [0.25, 0.3) is 0 Å². The molecule has 0 spiro atoms. The SMILES string of the molecule is CN1CCSCC1c1noc(COC2(C)CNC2)n1. The zero-order chi connectivity index (χ0) is 13.3. The topological polar surface area (TPSA) is 63.4 Å². The third kappa shape index (κ3) is 2.94. The minimum Gasteiger partial charge on any atom is -0.363 e. The van der Waals surface area contributed by atoms with Gasteiger partial charge >= 0.3 is 0 Å². The molecule has 3 heterocycles. The summed E-state index contributed by atoms with van der Waals surface area (Å²) in [5.74, 6) is 3.56. The fourth-order valence-electron chi connectivity index (χ4n) is 2.24. The van der Waals surface area contributed by atoms with E-state index in [9.17, 15) is 0 Å². The largest absolute Gasteiger partial charge is 0.363 e. The molecule has 0 amide bonds. The Morgan fingerprint density at radius 2 is 2.42 bits per heavy atom. The van der Waals surface area contributed by atoms with Gasteiger partial charge in [-0.1, -0.05) is 5.16 Å². The van der Waals surface area contributed by atoms with E-state index >= 15 is 0 Å². The summed E-state index contributed by atoms with van der Waals surface area (Å²) in [6, 6.07) is 0.261. The molecule has 2 saturated heterocycles. The molecule has 7 heteroatoms. The smallest absolute Gasteiger partial charge is 0.252 e. The number of rotatable bonds is 4. The van der Waals surface area contributed by atoms with Crippen molar-refractivity contribution in [3.63, 3.8) is 0 Å². The van der Waals surface area contributed by atoms with Gasteiger partial charge in [0.05, 0.1) is 11.6 Å². The van der Waals surface area contributed by atoms with Gasteiger partial charge in [0, 0.05) is 31.1 Å². The average Bonchev–Trinajstić information content (AvgIpc) is 2.83. The molecule has 3 rings (SSSR count). The van der Waals surface area contributed by atoms with Crippen molar-refractivity contribution in [1.82, 2.24) is 20.4 Å². The van der Waals surface area contributed by atoms with Gasteiger partial charge in [0.25, 0.3) is 5.89 Å². The maximum Gasteiger partial charge on any atom is 0.252 e. The van der Waals surface area contributed by atoms with Crippen LogP contribution in [0, 0.1) is 0 Å². The van der Waals surface area contributed by atoms with Crippen LogP contribution >= 0.6 is 11.8 Å². The highest BCUT2D eigenvalue weighted by molar-refractivity contribution is 7.99. The van der Waals surface area contributed by atoms with Gasteiger partial charge in [0.2, 0.25) is 0 Å². The van der Waals surface area contributed by atoms with Crippen LogP contribution in [0.2, 0.25) is 0 Å². The maximum atomic E-state index is 5.80. The normalized spacial score (nSPS) is 27.2. The van der Waals surface area contributed by atoms with Crippen molar-refractivity contribution in [2.45, 2.75) is 25.2 Å². The molecule has 1 atom stereocenters. The summed E-state index contributed by atoms with van der Waals surface area (Å²) in [6.07, 6.45) is 0. The molecular formula is C12H20N4O2S. The highest BCUT2D eigenvalue weighted by atomic mass is 32.2. The van der Waals surface area contributed by atoms with Gasteiger partial charge in [-0.05, 0) is 14.0 Å². The van der Waals surface area contributed by atoms with E-state index in [0.717, 1.165) is 31.2 Å². The van der Waals surface area contributed by atoms with Gasteiger partial charge in [-0.2, -0.15) is 16.7 Å². The molecule has 2 aliphatic rings. The zero-order valence-corrected chi connectivity index (χ0v) is 12.2. The Balaban J connectivity index is 1.59. The molecule has 0 aliphatic carbocycles. The number of hydrogen-bond acceptors (Lipinski definition) is 7. The van der Waals surface area contributed by atoms with Crippen molar-refractivity contribution in [1.29, 1.82) is 0 Å². The second-order valence-corrected chi connectivity index (χ2v) is 6.61. The molecule has 2 fully saturated rings.